The summed E-state index contributed by atoms with van der Waals surface area (Å²) in [6, 6.07) is -0.236. The van der Waals surface area contributed by atoms with Crippen molar-refractivity contribution in [3.63, 3.8) is 0 Å². The molecule has 1 rings (SSSR count). The number of amides is 2. The minimum Gasteiger partial charge on any atom is -0.463 e. The quantitative estimate of drug-likeness (QED) is 0.312. The Bertz CT molecular complexity index is 483. The molecule has 0 radical (unpaired) electrons. The Labute approximate surface area is 192 Å². The van der Waals surface area contributed by atoms with Crippen LogP contribution in [-0.4, -0.2) is 49.4 Å². The van der Waals surface area contributed by atoms with Gasteiger partial charge >= 0.3 is 5.97 Å². The highest BCUT2D eigenvalue weighted by atomic mass is 16.5. The van der Waals surface area contributed by atoms with Crippen LogP contribution in [0, 0.1) is 11.8 Å². The summed E-state index contributed by atoms with van der Waals surface area (Å²) < 4.78 is 4.92. The van der Waals surface area contributed by atoms with Crippen molar-refractivity contribution >= 4 is 18.3 Å². The molecule has 0 aromatic heterocycles. The van der Waals surface area contributed by atoms with Crippen LogP contribution < -0.4 is 5.32 Å². The fourth-order valence-corrected chi connectivity index (χ4v) is 2.80. The van der Waals surface area contributed by atoms with E-state index in [9.17, 15) is 14.4 Å². The molecule has 1 aliphatic rings. The van der Waals surface area contributed by atoms with Crippen molar-refractivity contribution in [2.45, 2.75) is 100 Å². The van der Waals surface area contributed by atoms with E-state index in [1.54, 1.807) is 27.0 Å². The summed E-state index contributed by atoms with van der Waals surface area (Å²) in [6.45, 7) is 14.1. The second-order valence-electron chi connectivity index (χ2n) is 8.66. The van der Waals surface area contributed by atoms with E-state index < -0.39 is 0 Å². The maximum atomic E-state index is 11.9. The van der Waals surface area contributed by atoms with Crippen LogP contribution in [0.15, 0.2) is 11.6 Å². The van der Waals surface area contributed by atoms with Crippen LogP contribution in [0.25, 0.3) is 0 Å². The molecule has 31 heavy (non-hydrogen) atoms. The van der Waals surface area contributed by atoms with E-state index in [1.807, 2.05) is 13.8 Å². The lowest BCUT2D eigenvalue weighted by Crippen LogP contribution is -2.43. The third kappa shape index (κ3) is 19.8. The van der Waals surface area contributed by atoms with Crippen LogP contribution in [0.5, 0.6) is 0 Å². The van der Waals surface area contributed by atoms with Gasteiger partial charge in [-0.3, -0.25) is 9.59 Å². The van der Waals surface area contributed by atoms with Gasteiger partial charge < -0.3 is 15.0 Å². The Hall–Kier alpha value is -1.85. The third-order valence-corrected chi connectivity index (χ3v) is 4.38. The van der Waals surface area contributed by atoms with Crippen LogP contribution in [0.2, 0.25) is 0 Å². The fraction of sp³-hybridized carbons (Fsp3) is 0.800. The zero-order valence-electron chi connectivity index (χ0n) is 20.6. The Morgan fingerprint density at radius 3 is 1.74 bits per heavy atom. The predicted molar refractivity (Wildman–Crippen MR) is 131 cm³/mol. The van der Waals surface area contributed by atoms with E-state index in [4.69, 9.17) is 4.74 Å². The van der Waals surface area contributed by atoms with Gasteiger partial charge in [0.25, 0.3) is 0 Å². The summed E-state index contributed by atoms with van der Waals surface area (Å²) in [5.41, 5.74) is 0.466. The molecule has 1 fully saturated rings. The molecule has 1 N–H and O–H groups in total. The molecule has 1 aliphatic carbocycles. The Morgan fingerprint density at radius 2 is 1.42 bits per heavy atom. The van der Waals surface area contributed by atoms with Crippen LogP contribution in [0.1, 0.15) is 94.4 Å². The van der Waals surface area contributed by atoms with Crippen molar-refractivity contribution in [3.05, 3.63) is 11.6 Å². The van der Waals surface area contributed by atoms with Gasteiger partial charge in [0, 0.05) is 12.6 Å². The first-order valence-corrected chi connectivity index (χ1v) is 11.4. The van der Waals surface area contributed by atoms with E-state index >= 15 is 0 Å². The lowest BCUT2D eigenvalue weighted by atomic mass is 10.00. The highest BCUT2D eigenvalue weighted by Crippen LogP contribution is 2.15. The molecule has 0 saturated heterocycles. The number of nitrogens with zero attached hydrogens (tertiary/aromatic N) is 1. The molecule has 2 amide bonds. The normalized spacial score (nSPS) is 14.1. The van der Waals surface area contributed by atoms with Crippen LogP contribution in [0.3, 0.4) is 0 Å². The molecule has 0 bridgehead atoms. The first kappa shape index (κ1) is 33.8. The molecule has 0 unspecified atom stereocenters. The number of hydrogen-bond acceptors (Lipinski definition) is 4. The smallest absolute Gasteiger partial charge is 0.333 e. The van der Waals surface area contributed by atoms with Crippen molar-refractivity contribution < 1.29 is 19.1 Å². The molecule has 1 saturated carbocycles. The largest absolute Gasteiger partial charge is 0.463 e. The number of carbonyl (C=O) groups excluding carboxylic acids is 3. The van der Waals surface area contributed by atoms with E-state index in [2.05, 4.69) is 26.1 Å². The molecule has 0 aromatic carbocycles. The summed E-state index contributed by atoms with van der Waals surface area (Å²) in [5, 5.41) is 2.34. The maximum absolute atomic E-state index is 11.9. The maximum Gasteiger partial charge on any atom is 0.333 e. The summed E-state index contributed by atoms with van der Waals surface area (Å²) in [7, 11) is 1.65. The topological polar surface area (TPSA) is 75.7 Å². The summed E-state index contributed by atoms with van der Waals surface area (Å²) in [4.78, 5) is 35.2. The average molecular weight is 443 g/mol. The molecule has 1 atom stereocenters. The lowest BCUT2D eigenvalue weighted by molar-refractivity contribution is -0.138. The Balaban J connectivity index is -0.000000582. The number of esters is 1. The van der Waals surface area contributed by atoms with Gasteiger partial charge in [-0.15, -0.1) is 0 Å². The van der Waals surface area contributed by atoms with Crippen molar-refractivity contribution in [2.75, 3.05) is 20.2 Å². The van der Waals surface area contributed by atoms with Crippen LogP contribution in [0.4, 0.5) is 0 Å². The fourth-order valence-electron chi connectivity index (χ4n) is 2.80. The van der Waals surface area contributed by atoms with Crippen LogP contribution >= 0.6 is 0 Å². The highest BCUT2D eigenvalue weighted by Gasteiger charge is 2.22. The number of nitrogens with one attached hydrogen (secondary N) is 1. The first-order chi connectivity index (χ1) is 14.1. The molecule has 184 valence electrons. The molecule has 0 heterocycles. The monoisotopic (exact) mass is 442 g/mol. The lowest BCUT2D eigenvalue weighted by Gasteiger charge is -2.29. The van der Waals surface area contributed by atoms with Gasteiger partial charge in [-0.2, -0.15) is 0 Å². The van der Waals surface area contributed by atoms with Crippen molar-refractivity contribution in [1.29, 1.82) is 0 Å². The summed E-state index contributed by atoms with van der Waals surface area (Å²) in [5.74, 6) is 0.360. The van der Waals surface area contributed by atoms with Crippen molar-refractivity contribution in [3.8, 4) is 0 Å². The minimum absolute atomic E-state index is 0. The van der Waals surface area contributed by atoms with E-state index in [1.165, 1.54) is 43.4 Å². The van der Waals surface area contributed by atoms with Gasteiger partial charge in [-0.25, -0.2) is 4.79 Å². The number of ether oxygens (including phenoxy) is 1. The van der Waals surface area contributed by atoms with Crippen molar-refractivity contribution in [2.24, 2.45) is 11.8 Å². The van der Waals surface area contributed by atoms with Gasteiger partial charge in [0.05, 0.1) is 19.2 Å². The predicted octanol–water partition coefficient (Wildman–Crippen LogP) is 5.36. The SMILES string of the molecule is C.C1CCCCC1.CC(C)C.CCOC(=O)/C(C)=C/[C@H](C(C)C)N(C)C(=O)CNC=O. The van der Waals surface area contributed by atoms with Gasteiger partial charge in [0.2, 0.25) is 12.3 Å². The van der Waals surface area contributed by atoms with Gasteiger partial charge in [-0.1, -0.05) is 86.6 Å². The second-order valence-corrected chi connectivity index (χ2v) is 8.66. The van der Waals surface area contributed by atoms with Gasteiger partial charge in [0.15, 0.2) is 0 Å². The minimum atomic E-state index is -0.384. The molecule has 6 nitrogen and oxygen atoms in total. The standard InChI is InChI=1S/C14H24N2O4.C6H12.C4H10.CH4/c1-6-20-14(19)11(4)7-12(10(2)3)16(5)13(18)8-15-9-17;1-2-4-6-5-3-1;1-4(2)3;/h7,9-10,12H,6,8H2,1-5H3,(H,15,17);1-6H2;4H,1-3H3;1H4/b11-7+;;;/t12-;;;/m1.../s1. The molecule has 0 spiro atoms. The molecular formula is C25H50N2O4. The first-order valence-electron chi connectivity index (χ1n) is 11.4. The third-order valence-electron chi connectivity index (χ3n) is 4.38. The molecule has 0 aromatic rings. The van der Waals surface area contributed by atoms with E-state index in [-0.39, 0.29) is 37.8 Å². The molecule has 6 heteroatoms. The number of hydrogen-bond donors (Lipinski definition) is 1. The zero-order chi connectivity index (χ0) is 23.5. The second kappa shape index (κ2) is 21.4. The molecule has 0 aliphatic heterocycles. The highest BCUT2D eigenvalue weighted by molar-refractivity contribution is 5.88. The van der Waals surface area contributed by atoms with E-state index in [0.717, 1.165) is 5.92 Å². The average Bonchev–Trinajstić information content (AvgIpc) is 2.70. The Kier molecular flexibility index (Phi) is 23.3. The summed E-state index contributed by atoms with van der Waals surface area (Å²) >= 11 is 0. The van der Waals surface area contributed by atoms with Gasteiger partial charge in [-0.05, 0) is 25.7 Å². The Morgan fingerprint density at radius 1 is 1.00 bits per heavy atom. The summed E-state index contributed by atoms with van der Waals surface area (Å²) in [6.07, 6.45) is 11.2. The zero-order valence-corrected chi connectivity index (χ0v) is 20.6. The number of carbonyl (C=O) groups is 3. The van der Waals surface area contributed by atoms with Crippen LogP contribution in [-0.2, 0) is 19.1 Å². The number of likely N-dealkylation sites (N-methyl/N-ethyl adjacent to an activating group) is 1. The number of rotatable bonds is 8. The van der Waals surface area contributed by atoms with E-state index in [0.29, 0.717) is 18.6 Å². The van der Waals surface area contributed by atoms with Crippen molar-refractivity contribution in [1.82, 2.24) is 10.2 Å². The van der Waals surface area contributed by atoms with Gasteiger partial charge in [0.1, 0.15) is 0 Å². The molecular weight excluding hydrogens is 392 g/mol.